The minimum atomic E-state index is 0.499. The van der Waals surface area contributed by atoms with E-state index in [4.69, 9.17) is 23.8 Å². The molecule has 0 atom stereocenters. The molecule has 1 aromatic heterocycles. The standard InChI is InChI=1S/C16H20ClN5S/c1-3-4-10-18-16(23)20-19-11-14-12(2)21-22(15(14)17)13-8-6-5-7-9-13/h5-9,11H,3-4,10H2,1-2H3,(H2,18,20,23)/b19-11-. The SMILES string of the molecule is CCCCNC(=S)N/N=C\c1c(C)nn(-c2ccccc2)c1Cl. The lowest BCUT2D eigenvalue weighted by Gasteiger charge is -2.05. The van der Waals surface area contributed by atoms with Crippen LogP contribution in [-0.2, 0) is 0 Å². The molecule has 5 nitrogen and oxygen atoms in total. The van der Waals surface area contributed by atoms with Gasteiger partial charge in [-0.2, -0.15) is 10.2 Å². The summed E-state index contributed by atoms with van der Waals surface area (Å²) in [5, 5.41) is 12.7. The molecular weight excluding hydrogens is 330 g/mol. The fraction of sp³-hybridized carbons (Fsp3) is 0.312. The fourth-order valence-electron chi connectivity index (χ4n) is 1.97. The number of para-hydroxylation sites is 1. The summed E-state index contributed by atoms with van der Waals surface area (Å²) in [6.07, 6.45) is 3.82. The zero-order valence-corrected chi connectivity index (χ0v) is 14.8. The van der Waals surface area contributed by atoms with Gasteiger partial charge in [-0.05, 0) is 37.7 Å². The van der Waals surface area contributed by atoms with Crippen molar-refractivity contribution in [3.8, 4) is 5.69 Å². The van der Waals surface area contributed by atoms with Crippen LogP contribution < -0.4 is 10.7 Å². The highest BCUT2D eigenvalue weighted by Crippen LogP contribution is 2.21. The van der Waals surface area contributed by atoms with Crippen molar-refractivity contribution in [2.24, 2.45) is 5.10 Å². The fourth-order valence-corrected chi connectivity index (χ4v) is 2.45. The van der Waals surface area contributed by atoms with Crippen LogP contribution in [0.2, 0.25) is 5.15 Å². The zero-order valence-electron chi connectivity index (χ0n) is 13.2. The number of benzene rings is 1. The van der Waals surface area contributed by atoms with Crippen LogP contribution in [0.4, 0.5) is 0 Å². The first-order valence-electron chi connectivity index (χ1n) is 7.51. The Morgan fingerprint density at radius 1 is 1.39 bits per heavy atom. The van der Waals surface area contributed by atoms with Gasteiger partial charge in [-0.15, -0.1) is 0 Å². The van der Waals surface area contributed by atoms with E-state index >= 15 is 0 Å². The summed E-state index contributed by atoms with van der Waals surface area (Å²) in [6, 6.07) is 9.73. The maximum Gasteiger partial charge on any atom is 0.186 e. The molecule has 0 amide bonds. The summed E-state index contributed by atoms with van der Waals surface area (Å²) in [5.41, 5.74) is 5.26. The van der Waals surface area contributed by atoms with Gasteiger partial charge in [0, 0.05) is 6.54 Å². The molecule has 23 heavy (non-hydrogen) atoms. The van der Waals surface area contributed by atoms with Crippen LogP contribution in [0.25, 0.3) is 5.69 Å². The molecule has 0 radical (unpaired) electrons. The average molecular weight is 350 g/mol. The lowest BCUT2D eigenvalue weighted by Crippen LogP contribution is -2.32. The van der Waals surface area contributed by atoms with Crippen molar-refractivity contribution >= 4 is 35.1 Å². The molecule has 0 fully saturated rings. The number of hydrogen-bond acceptors (Lipinski definition) is 3. The molecule has 122 valence electrons. The van der Waals surface area contributed by atoms with Gasteiger partial charge in [0.1, 0.15) is 5.15 Å². The first-order chi connectivity index (χ1) is 11.1. The minimum absolute atomic E-state index is 0.499. The van der Waals surface area contributed by atoms with Crippen LogP contribution in [0.3, 0.4) is 0 Å². The average Bonchev–Trinajstić information content (AvgIpc) is 2.84. The van der Waals surface area contributed by atoms with Crippen LogP contribution in [0, 0.1) is 6.92 Å². The zero-order chi connectivity index (χ0) is 16.7. The van der Waals surface area contributed by atoms with Crippen LogP contribution in [0.1, 0.15) is 31.0 Å². The highest BCUT2D eigenvalue weighted by Gasteiger charge is 2.12. The first-order valence-corrected chi connectivity index (χ1v) is 8.29. The minimum Gasteiger partial charge on any atom is -0.361 e. The summed E-state index contributed by atoms with van der Waals surface area (Å²) in [7, 11) is 0. The van der Waals surface area contributed by atoms with E-state index in [1.165, 1.54) is 0 Å². The quantitative estimate of drug-likeness (QED) is 0.363. The van der Waals surface area contributed by atoms with Gasteiger partial charge in [-0.1, -0.05) is 43.1 Å². The molecule has 0 spiro atoms. The monoisotopic (exact) mass is 349 g/mol. The molecule has 0 saturated carbocycles. The molecule has 0 aliphatic heterocycles. The Labute approximate surface area is 146 Å². The second-order valence-electron chi connectivity index (χ2n) is 5.02. The van der Waals surface area contributed by atoms with E-state index in [2.05, 4.69) is 27.9 Å². The third-order valence-electron chi connectivity index (χ3n) is 3.22. The van der Waals surface area contributed by atoms with Crippen LogP contribution in [0.15, 0.2) is 35.4 Å². The summed E-state index contributed by atoms with van der Waals surface area (Å²) in [4.78, 5) is 0. The number of thiocarbonyl (C=S) groups is 1. The Bertz CT molecular complexity index is 681. The van der Waals surface area contributed by atoms with E-state index in [1.54, 1.807) is 10.9 Å². The van der Waals surface area contributed by atoms with Crippen molar-refractivity contribution in [3.63, 3.8) is 0 Å². The summed E-state index contributed by atoms with van der Waals surface area (Å²) in [5.74, 6) is 0. The Balaban J connectivity index is 2.05. The predicted octanol–water partition coefficient (Wildman–Crippen LogP) is 3.43. The first kappa shape index (κ1) is 17.4. The third kappa shape index (κ3) is 4.77. The van der Waals surface area contributed by atoms with Crippen LogP contribution in [0.5, 0.6) is 0 Å². The molecule has 0 unspecified atom stereocenters. The van der Waals surface area contributed by atoms with Crippen molar-refractivity contribution in [2.45, 2.75) is 26.7 Å². The van der Waals surface area contributed by atoms with Crippen molar-refractivity contribution in [1.82, 2.24) is 20.5 Å². The normalized spacial score (nSPS) is 10.9. The van der Waals surface area contributed by atoms with Gasteiger partial charge in [0.25, 0.3) is 0 Å². The second-order valence-corrected chi connectivity index (χ2v) is 5.78. The number of nitrogens with zero attached hydrogens (tertiary/aromatic N) is 3. The maximum atomic E-state index is 6.41. The largest absolute Gasteiger partial charge is 0.361 e. The van der Waals surface area contributed by atoms with Gasteiger partial charge in [0.05, 0.1) is 23.2 Å². The van der Waals surface area contributed by atoms with Gasteiger partial charge < -0.3 is 5.32 Å². The van der Waals surface area contributed by atoms with E-state index in [0.717, 1.165) is 36.3 Å². The molecule has 0 bridgehead atoms. The highest BCUT2D eigenvalue weighted by atomic mass is 35.5. The molecule has 2 N–H and O–H groups in total. The maximum absolute atomic E-state index is 6.41. The second kappa shape index (κ2) is 8.64. The van der Waals surface area contributed by atoms with E-state index in [1.807, 2.05) is 37.3 Å². The molecule has 0 aliphatic rings. The van der Waals surface area contributed by atoms with E-state index in [0.29, 0.717) is 10.3 Å². The summed E-state index contributed by atoms with van der Waals surface area (Å²) >= 11 is 11.6. The summed E-state index contributed by atoms with van der Waals surface area (Å²) < 4.78 is 1.69. The highest BCUT2D eigenvalue weighted by molar-refractivity contribution is 7.80. The van der Waals surface area contributed by atoms with Crippen LogP contribution in [-0.4, -0.2) is 27.7 Å². The van der Waals surface area contributed by atoms with Gasteiger partial charge in [0.15, 0.2) is 5.11 Å². The van der Waals surface area contributed by atoms with Gasteiger partial charge in [0.2, 0.25) is 0 Å². The lowest BCUT2D eigenvalue weighted by atomic mass is 10.3. The summed E-state index contributed by atoms with van der Waals surface area (Å²) in [6.45, 7) is 4.86. The van der Waals surface area contributed by atoms with E-state index < -0.39 is 0 Å². The third-order valence-corrected chi connectivity index (χ3v) is 3.82. The number of unbranched alkanes of at least 4 members (excludes halogenated alkanes) is 1. The smallest absolute Gasteiger partial charge is 0.186 e. The number of hydrazone groups is 1. The van der Waals surface area contributed by atoms with Gasteiger partial charge in [-0.25, -0.2) is 4.68 Å². The molecule has 2 aromatic rings. The van der Waals surface area contributed by atoms with Gasteiger partial charge in [-0.3, -0.25) is 5.43 Å². The van der Waals surface area contributed by atoms with E-state index in [-0.39, 0.29) is 0 Å². The molecule has 1 heterocycles. The molecular formula is C16H20ClN5S. The van der Waals surface area contributed by atoms with Crippen molar-refractivity contribution in [1.29, 1.82) is 0 Å². The van der Waals surface area contributed by atoms with Crippen molar-refractivity contribution < 1.29 is 0 Å². The number of nitrogens with one attached hydrogen (secondary N) is 2. The Hall–Kier alpha value is -1.92. The molecule has 1 aromatic carbocycles. The Morgan fingerprint density at radius 2 is 2.13 bits per heavy atom. The number of rotatable bonds is 6. The van der Waals surface area contributed by atoms with Crippen LogP contribution >= 0.6 is 23.8 Å². The van der Waals surface area contributed by atoms with E-state index in [9.17, 15) is 0 Å². The van der Waals surface area contributed by atoms with Crippen molar-refractivity contribution in [2.75, 3.05) is 6.54 Å². The number of aryl methyl sites for hydroxylation is 1. The Morgan fingerprint density at radius 3 is 2.83 bits per heavy atom. The predicted molar refractivity (Wildman–Crippen MR) is 99.5 cm³/mol. The topological polar surface area (TPSA) is 54.2 Å². The number of hydrogen-bond donors (Lipinski definition) is 2. The molecule has 2 rings (SSSR count). The molecule has 0 saturated heterocycles. The number of halogens is 1. The lowest BCUT2D eigenvalue weighted by molar-refractivity contribution is 0.745. The molecule has 7 heteroatoms. The molecule has 0 aliphatic carbocycles. The van der Waals surface area contributed by atoms with Crippen molar-refractivity contribution in [3.05, 3.63) is 46.7 Å². The number of aromatic nitrogens is 2. The Kier molecular flexibility index (Phi) is 6.55. The van der Waals surface area contributed by atoms with Gasteiger partial charge >= 0.3 is 0 Å².